The molecule has 0 aromatic heterocycles. The van der Waals surface area contributed by atoms with E-state index in [4.69, 9.17) is 74.2 Å². The summed E-state index contributed by atoms with van der Waals surface area (Å²) in [6.07, 6.45) is 0. The molecule has 0 fully saturated rings. The Balaban J connectivity index is 0. The van der Waals surface area contributed by atoms with E-state index >= 15 is 0 Å². The van der Waals surface area contributed by atoms with E-state index < -0.39 is 5.97 Å². The molecule has 128 valence electrons. The molecule has 1 aromatic carbocycles. The van der Waals surface area contributed by atoms with Crippen LogP contribution in [0.4, 0.5) is 0 Å². The van der Waals surface area contributed by atoms with Gasteiger partial charge in [-0.25, -0.2) is 0 Å². The van der Waals surface area contributed by atoms with Crippen LogP contribution < -0.4 is 21.5 Å². The summed E-state index contributed by atoms with van der Waals surface area (Å²) in [6, 6.07) is 0. The molecule has 0 amide bonds. The summed E-state index contributed by atoms with van der Waals surface area (Å²) in [5.41, 5.74) is 10.3. The average molecular weight is 436 g/mol. The minimum atomic E-state index is -0.590. The molecule has 0 bridgehead atoms. The molecule has 23 heavy (non-hydrogen) atoms. The van der Waals surface area contributed by atoms with Crippen molar-refractivity contribution in [3.8, 4) is 5.75 Å². The molecule has 0 aliphatic carbocycles. The van der Waals surface area contributed by atoms with E-state index in [1.54, 1.807) is 0 Å². The van der Waals surface area contributed by atoms with Crippen molar-refractivity contribution < 1.29 is 9.53 Å². The van der Waals surface area contributed by atoms with Crippen molar-refractivity contribution >= 4 is 93.5 Å². The van der Waals surface area contributed by atoms with Crippen LogP contribution in [0.2, 0.25) is 25.1 Å². The van der Waals surface area contributed by atoms with E-state index in [1.807, 2.05) is 0 Å². The molecule has 5 nitrogen and oxygen atoms in total. The number of hydrogen-bond acceptors (Lipinski definition) is 5. The van der Waals surface area contributed by atoms with Gasteiger partial charge in [-0.05, 0) is 0 Å². The summed E-state index contributed by atoms with van der Waals surface area (Å²) < 4.78 is 4.76. The van der Waals surface area contributed by atoms with Gasteiger partial charge in [-0.2, -0.15) is 0 Å². The minimum absolute atomic E-state index is 0. The average Bonchev–Trinajstić information content (AvgIpc) is 2.48. The van der Waals surface area contributed by atoms with Gasteiger partial charge in [-0.1, -0.05) is 58.0 Å². The summed E-state index contributed by atoms with van der Waals surface area (Å²) in [6.45, 7) is 4.33. The SMILES string of the molecule is CC(=O)Oc1c(Cl)c(Cl)c(Cl)c(Cl)c1Cl.NCCNCCN.[NaH]. The van der Waals surface area contributed by atoms with Crippen molar-refractivity contribution in [3.63, 3.8) is 0 Å². The third-order valence-corrected chi connectivity index (χ3v) is 4.30. The predicted octanol–water partition coefficient (Wildman–Crippen LogP) is 2.72. The van der Waals surface area contributed by atoms with Crippen molar-refractivity contribution in [2.75, 3.05) is 26.2 Å². The molecule has 0 saturated heterocycles. The third-order valence-electron chi connectivity index (χ3n) is 2.06. The molecule has 0 atom stereocenters. The number of ether oxygens (including phenoxy) is 1. The quantitative estimate of drug-likeness (QED) is 0.165. The summed E-state index contributed by atoms with van der Waals surface area (Å²) in [7, 11) is 0. The van der Waals surface area contributed by atoms with E-state index in [2.05, 4.69) is 5.32 Å². The molecule has 0 radical (unpaired) electrons. The van der Waals surface area contributed by atoms with Gasteiger partial charge in [0.25, 0.3) is 0 Å². The number of carbonyl (C=O) groups excluding carboxylic acids is 1. The fraction of sp³-hybridized carbons (Fsp3) is 0.417. The van der Waals surface area contributed by atoms with E-state index in [0.717, 1.165) is 13.1 Å². The van der Waals surface area contributed by atoms with E-state index in [1.165, 1.54) is 6.92 Å². The second kappa shape index (κ2) is 14.2. The normalized spacial score (nSPS) is 9.57. The van der Waals surface area contributed by atoms with Crippen LogP contribution in [0.5, 0.6) is 5.75 Å². The third kappa shape index (κ3) is 9.33. The van der Waals surface area contributed by atoms with Crippen LogP contribution in [-0.2, 0) is 4.79 Å². The maximum atomic E-state index is 10.8. The Kier molecular flexibility index (Phi) is 16.2. The number of nitrogens with one attached hydrogen (secondary N) is 1. The molecule has 0 unspecified atom stereocenters. The molecule has 0 aliphatic rings. The number of rotatable bonds is 5. The Labute approximate surface area is 182 Å². The Hall–Kier alpha value is 1.02. The topological polar surface area (TPSA) is 90.4 Å². The molecule has 0 saturated carbocycles. The van der Waals surface area contributed by atoms with Gasteiger partial charge < -0.3 is 21.5 Å². The standard InChI is InChI=1S/C8H3Cl5O2.C4H13N3.Na.H/c1-2(14)15-8-6(12)4(10)3(9)5(11)7(8)13;5-1-3-7-4-2-6;;/h1H3;7H,1-6H2;;. The number of esters is 1. The van der Waals surface area contributed by atoms with Crippen molar-refractivity contribution in [2.45, 2.75) is 6.92 Å². The predicted molar refractivity (Wildman–Crippen MR) is 101 cm³/mol. The van der Waals surface area contributed by atoms with Gasteiger partial charge in [0.1, 0.15) is 10.0 Å². The van der Waals surface area contributed by atoms with Crippen LogP contribution >= 0.6 is 58.0 Å². The molecular formula is C12H17Cl5N3NaO2. The Morgan fingerprint density at radius 3 is 1.57 bits per heavy atom. The Bertz CT molecular complexity index is 487. The molecule has 11 heteroatoms. The summed E-state index contributed by atoms with van der Waals surface area (Å²) in [5, 5.41) is 2.93. The summed E-state index contributed by atoms with van der Waals surface area (Å²) in [4.78, 5) is 10.8. The number of halogens is 5. The van der Waals surface area contributed by atoms with Gasteiger partial charge in [0, 0.05) is 33.1 Å². The summed E-state index contributed by atoms with van der Waals surface area (Å²) >= 11 is 28.8. The molecule has 5 N–H and O–H groups in total. The fourth-order valence-electron chi connectivity index (χ4n) is 1.15. The van der Waals surface area contributed by atoms with Gasteiger partial charge in [0.2, 0.25) is 0 Å². The van der Waals surface area contributed by atoms with E-state index in [-0.39, 0.29) is 60.4 Å². The first-order valence-electron chi connectivity index (χ1n) is 6.08. The Morgan fingerprint density at radius 1 is 0.913 bits per heavy atom. The number of carbonyl (C=O) groups is 1. The van der Waals surface area contributed by atoms with Gasteiger partial charge in [0.15, 0.2) is 5.75 Å². The van der Waals surface area contributed by atoms with Crippen LogP contribution in [0.25, 0.3) is 0 Å². The van der Waals surface area contributed by atoms with Crippen molar-refractivity contribution in [1.82, 2.24) is 5.32 Å². The van der Waals surface area contributed by atoms with Crippen molar-refractivity contribution in [3.05, 3.63) is 25.1 Å². The number of nitrogens with two attached hydrogens (primary N) is 2. The molecule has 0 spiro atoms. The monoisotopic (exact) mass is 433 g/mol. The molecule has 1 aromatic rings. The molecule has 0 heterocycles. The van der Waals surface area contributed by atoms with E-state index in [0.29, 0.717) is 13.1 Å². The first-order valence-corrected chi connectivity index (χ1v) is 7.97. The second-order valence-electron chi connectivity index (χ2n) is 3.82. The number of hydrogen-bond donors (Lipinski definition) is 3. The van der Waals surface area contributed by atoms with Crippen LogP contribution in [0.3, 0.4) is 0 Å². The Morgan fingerprint density at radius 2 is 1.26 bits per heavy atom. The van der Waals surface area contributed by atoms with Crippen LogP contribution in [0.15, 0.2) is 0 Å². The van der Waals surface area contributed by atoms with E-state index in [9.17, 15) is 4.79 Å². The first kappa shape index (κ1) is 26.3. The zero-order valence-electron chi connectivity index (χ0n) is 11.7. The number of benzene rings is 1. The second-order valence-corrected chi connectivity index (χ2v) is 5.71. The van der Waals surface area contributed by atoms with Crippen LogP contribution in [0, 0.1) is 0 Å². The summed E-state index contributed by atoms with van der Waals surface area (Å²) in [5.74, 6) is -0.682. The van der Waals surface area contributed by atoms with Gasteiger partial charge in [0.05, 0.1) is 15.1 Å². The van der Waals surface area contributed by atoms with Crippen molar-refractivity contribution in [2.24, 2.45) is 11.5 Å². The van der Waals surface area contributed by atoms with Gasteiger partial charge >= 0.3 is 35.5 Å². The fourth-order valence-corrected chi connectivity index (χ4v) is 2.35. The molecule has 1 rings (SSSR count). The molecule has 0 aliphatic heterocycles. The zero-order valence-corrected chi connectivity index (χ0v) is 15.5. The van der Waals surface area contributed by atoms with Crippen molar-refractivity contribution in [1.29, 1.82) is 0 Å². The van der Waals surface area contributed by atoms with Crippen LogP contribution in [-0.4, -0.2) is 61.7 Å². The van der Waals surface area contributed by atoms with Gasteiger partial charge in [-0.15, -0.1) is 0 Å². The van der Waals surface area contributed by atoms with Gasteiger partial charge in [-0.3, -0.25) is 4.79 Å². The first-order chi connectivity index (χ1) is 10.3. The van der Waals surface area contributed by atoms with Crippen LogP contribution in [0.1, 0.15) is 6.92 Å². The molecular weight excluding hydrogens is 418 g/mol. The zero-order chi connectivity index (χ0) is 17.3. The maximum absolute atomic E-state index is 10.8.